The van der Waals surface area contributed by atoms with Crippen LogP contribution in [0.4, 0.5) is 0 Å². The van der Waals surface area contributed by atoms with Gasteiger partial charge in [0.15, 0.2) is 5.05 Å². The molecule has 0 heterocycles. The molecule has 0 saturated carbocycles. The van der Waals surface area contributed by atoms with Crippen molar-refractivity contribution in [2.24, 2.45) is 0 Å². The molecule has 0 aliphatic rings. The quantitative estimate of drug-likeness (QED) is 0.730. The summed E-state index contributed by atoms with van der Waals surface area (Å²) in [6.45, 7) is 2.22. The third kappa shape index (κ3) is 3.90. The Balaban J connectivity index is 2.48. The SMILES string of the molecule is CC(Cl)=CCOC(=S)c1ccccc1. The Morgan fingerprint density at radius 3 is 2.64 bits per heavy atom. The molecule has 1 aromatic rings. The second kappa shape index (κ2) is 5.78. The molecule has 0 spiro atoms. The van der Waals surface area contributed by atoms with E-state index in [1.165, 1.54) is 0 Å². The summed E-state index contributed by atoms with van der Waals surface area (Å²) in [4.78, 5) is 0. The summed E-state index contributed by atoms with van der Waals surface area (Å²) in [5.41, 5.74) is 0.920. The van der Waals surface area contributed by atoms with Crippen LogP contribution in [0, 0.1) is 0 Å². The smallest absolute Gasteiger partial charge is 0.191 e. The minimum atomic E-state index is 0.420. The van der Waals surface area contributed by atoms with Crippen molar-refractivity contribution in [3.8, 4) is 0 Å². The van der Waals surface area contributed by atoms with Gasteiger partial charge in [0.1, 0.15) is 6.61 Å². The van der Waals surface area contributed by atoms with E-state index >= 15 is 0 Å². The first-order valence-corrected chi connectivity index (χ1v) is 5.03. The summed E-state index contributed by atoms with van der Waals surface area (Å²) < 4.78 is 5.31. The van der Waals surface area contributed by atoms with Crippen molar-refractivity contribution in [1.29, 1.82) is 0 Å². The topological polar surface area (TPSA) is 9.23 Å². The Bertz CT molecular complexity index is 328. The molecule has 0 fully saturated rings. The van der Waals surface area contributed by atoms with E-state index in [2.05, 4.69) is 0 Å². The molecular formula is C11H11ClOS. The zero-order valence-electron chi connectivity index (χ0n) is 7.87. The molecule has 0 bridgehead atoms. The van der Waals surface area contributed by atoms with Crippen molar-refractivity contribution in [2.45, 2.75) is 6.92 Å². The van der Waals surface area contributed by atoms with E-state index < -0.39 is 0 Å². The first-order valence-electron chi connectivity index (χ1n) is 4.24. The number of thiocarbonyl (C=S) groups is 1. The summed E-state index contributed by atoms with van der Waals surface area (Å²) >= 11 is 10.7. The second-order valence-electron chi connectivity index (χ2n) is 2.76. The van der Waals surface area contributed by atoms with Crippen LogP contribution < -0.4 is 0 Å². The van der Waals surface area contributed by atoms with Crippen LogP contribution in [0.1, 0.15) is 12.5 Å². The summed E-state index contributed by atoms with van der Waals surface area (Å²) in [5, 5.41) is 1.21. The fourth-order valence-corrected chi connectivity index (χ4v) is 1.16. The predicted molar refractivity (Wildman–Crippen MR) is 63.7 cm³/mol. The second-order valence-corrected chi connectivity index (χ2v) is 3.72. The highest BCUT2D eigenvalue weighted by atomic mass is 35.5. The number of benzene rings is 1. The maximum Gasteiger partial charge on any atom is 0.191 e. The van der Waals surface area contributed by atoms with Crippen LogP contribution in [0.2, 0.25) is 0 Å². The Labute approximate surface area is 94.3 Å². The van der Waals surface area contributed by atoms with Crippen LogP contribution in [0.3, 0.4) is 0 Å². The molecule has 14 heavy (non-hydrogen) atoms. The molecule has 1 rings (SSSR count). The van der Waals surface area contributed by atoms with Crippen molar-refractivity contribution in [2.75, 3.05) is 6.61 Å². The fourth-order valence-electron chi connectivity index (χ4n) is 0.890. The molecule has 1 aromatic carbocycles. The molecule has 0 unspecified atom stereocenters. The van der Waals surface area contributed by atoms with Gasteiger partial charge in [-0.15, -0.1) is 0 Å². The Kier molecular flexibility index (Phi) is 4.63. The first kappa shape index (κ1) is 11.2. The van der Waals surface area contributed by atoms with Gasteiger partial charge >= 0.3 is 0 Å². The van der Waals surface area contributed by atoms with Gasteiger partial charge in [-0.3, -0.25) is 0 Å². The third-order valence-electron chi connectivity index (χ3n) is 1.59. The van der Waals surface area contributed by atoms with Crippen LogP contribution in [0.5, 0.6) is 0 Å². The molecule has 0 saturated heterocycles. The number of hydrogen-bond acceptors (Lipinski definition) is 2. The van der Waals surface area contributed by atoms with E-state index in [0.29, 0.717) is 16.7 Å². The molecule has 3 heteroatoms. The van der Waals surface area contributed by atoms with Crippen molar-refractivity contribution >= 4 is 28.9 Å². The van der Waals surface area contributed by atoms with Crippen LogP contribution in [0.15, 0.2) is 41.4 Å². The number of allylic oxidation sites excluding steroid dienone is 1. The Morgan fingerprint density at radius 1 is 1.43 bits per heavy atom. The number of rotatable bonds is 3. The zero-order valence-corrected chi connectivity index (χ0v) is 9.44. The lowest BCUT2D eigenvalue weighted by Gasteiger charge is -2.04. The lowest BCUT2D eigenvalue weighted by atomic mass is 10.2. The molecule has 0 aliphatic carbocycles. The molecule has 0 aromatic heterocycles. The molecule has 0 radical (unpaired) electrons. The zero-order chi connectivity index (χ0) is 10.4. The molecule has 1 nitrogen and oxygen atoms in total. The standard InChI is InChI=1S/C11H11ClOS/c1-9(12)7-8-13-11(14)10-5-3-2-4-6-10/h2-7H,8H2,1H3. The van der Waals surface area contributed by atoms with E-state index in [4.69, 9.17) is 28.6 Å². The van der Waals surface area contributed by atoms with Gasteiger partial charge in [0, 0.05) is 10.6 Å². The summed E-state index contributed by atoms with van der Waals surface area (Å²) in [7, 11) is 0. The highest BCUT2D eigenvalue weighted by Gasteiger charge is 1.98. The van der Waals surface area contributed by atoms with E-state index in [1.807, 2.05) is 30.3 Å². The van der Waals surface area contributed by atoms with Gasteiger partial charge in [0.2, 0.25) is 0 Å². The first-order chi connectivity index (χ1) is 6.70. The summed E-state index contributed by atoms with van der Waals surface area (Å²) in [6, 6.07) is 9.62. The Morgan fingerprint density at radius 2 is 2.07 bits per heavy atom. The van der Waals surface area contributed by atoms with E-state index in [-0.39, 0.29) is 0 Å². The van der Waals surface area contributed by atoms with E-state index in [0.717, 1.165) is 5.56 Å². The summed E-state index contributed by atoms with van der Waals surface area (Å²) in [6.07, 6.45) is 1.77. The van der Waals surface area contributed by atoms with Gasteiger partial charge in [-0.05, 0) is 25.2 Å². The van der Waals surface area contributed by atoms with Crippen molar-refractivity contribution in [3.05, 3.63) is 47.0 Å². The van der Waals surface area contributed by atoms with Crippen molar-refractivity contribution < 1.29 is 4.74 Å². The highest BCUT2D eigenvalue weighted by molar-refractivity contribution is 7.80. The average Bonchev–Trinajstić information content (AvgIpc) is 2.18. The molecule has 0 aliphatic heterocycles. The lowest BCUT2D eigenvalue weighted by Crippen LogP contribution is -2.03. The van der Waals surface area contributed by atoms with Gasteiger partial charge in [-0.25, -0.2) is 0 Å². The maximum absolute atomic E-state index is 5.65. The molecule has 0 N–H and O–H groups in total. The van der Waals surface area contributed by atoms with Crippen LogP contribution in [0.25, 0.3) is 0 Å². The Hall–Kier alpha value is -0.860. The van der Waals surface area contributed by atoms with Gasteiger partial charge in [-0.1, -0.05) is 41.9 Å². The third-order valence-corrected chi connectivity index (χ3v) is 2.10. The largest absolute Gasteiger partial charge is 0.479 e. The normalized spacial score (nSPS) is 11.1. The van der Waals surface area contributed by atoms with Crippen molar-refractivity contribution in [3.63, 3.8) is 0 Å². The van der Waals surface area contributed by atoms with Gasteiger partial charge in [0.05, 0.1) is 0 Å². The maximum atomic E-state index is 5.65. The van der Waals surface area contributed by atoms with E-state index in [9.17, 15) is 0 Å². The van der Waals surface area contributed by atoms with Gasteiger partial charge < -0.3 is 4.74 Å². The monoisotopic (exact) mass is 226 g/mol. The number of ether oxygens (including phenoxy) is 1. The predicted octanol–water partition coefficient (Wildman–Crippen LogP) is 3.52. The van der Waals surface area contributed by atoms with Crippen LogP contribution >= 0.6 is 23.8 Å². The molecule has 74 valence electrons. The number of halogens is 1. The van der Waals surface area contributed by atoms with Gasteiger partial charge in [0.25, 0.3) is 0 Å². The van der Waals surface area contributed by atoms with Crippen LogP contribution in [-0.2, 0) is 4.74 Å². The van der Waals surface area contributed by atoms with E-state index in [1.54, 1.807) is 13.0 Å². The highest BCUT2D eigenvalue weighted by Crippen LogP contribution is 2.04. The van der Waals surface area contributed by atoms with Crippen LogP contribution in [-0.4, -0.2) is 11.7 Å². The summed E-state index contributed by atoms with van der Waals surface area (Å²) in [5.74, 6) is 0. The minimum Gasteiger partial charge on any atom is -0.479 e. The number of hydrogen-bond donors (Lipinski definition) is 0. The lowest BCUT2D eigenvalue weighted by molar-refractivity contribution is 0.361. The molecule has 0 atom stereocenters. The average molecular weight is 227 g/mol. The molecule has 0 amide bonds. The molecular weight excluding hydrogens is 216 g/mol. The fraction of sp³-hybridized carbons (Fsp3) is 0.182. The van der Waals surface area contributed by atoms with Crippen molar-refractivity contribution in [1.82, 2.24) is 0 Å². The van der Waals surface area contributed by atoms with Gasteiger partial charge in [-0.2, -0.15) is 0 Å². The minimum absolute atomic E-state index is 0.420.